The van der Waals surface area contributed by atoms with E-state index in [-0.39, 0.29) is 5.54 Å². The summed E-state index contributed by atoms with van der Waals surface area (Å²) in [6.45, 7) is 3.39. The van der Waals surface area contributed by atoms with Gasteiger partial charge in [0.1, 0.15) is 0 Å². The van der Waals surface area contributed by atoms with E-state index in [0.717, 1.165) is 24.8 Å². The molecule has 6 aliphatic rings. The third kappa shape index (κ3) is 3.82. The molecule has 2 atom stereocenters. The molecule has 2 unspecified atom stereocenters. The van der Waals surface area contributed by atoms with Crippen molar-refractivity contribution in [1.82, 2.24) is 10.2 Å². The van der Waals surface area contributed by atoms with Crippen molar-refractivity contribution >= 4 is 21.8 Å². The van der Waals surface area contributed by atoms with E-state index in [9.17, 15) is 4.79 Å². The van der Waals surface area contributed by atoms with Gasteiger partial charge in [0.2, 0.25) is 5.91 Å². The standard InChI is InChI=1S/C24H39BrN2O/c25-23-14-19-11-20(15-23)13-22(12-19,17-23)16-21(28)26-18-24(7-3-1-4-8-24)27-9-5-2-6-10-27/h19-20H,1-18H2,(H,26,28). The molecule has 6 fully saturated rings. The van der Waals surface area contributed by atoms with Crippen LogP contribution in [-0.4, -0.2) is 40.3 Å². The number of hydrogen-bond donors (Lipinski definition) is 1. The van der Waals surface area contributed by atoms with Gasteiger partial charge in [0.15, 0.2) is 0 Å². The Hall–Kier alpha value is -0.0900. The average molecular weight is 451 g/mol. The SMILES string of the molecule is O=C(CC12CC3CC(CC(Br)(C3)C1)C2)NCC1(N2CCCCC2)CCCCC1. The van der Waals surface area contributed by atoms with Gasteiger partial charge in [-0.1, -0.05) is 41.6 Å². The van der Waals surface area contributed by atoms with Crippen LogP contribution in [0, 0.1) is 17.3 Å². The lowest BCUT2D eigenvalue weighted by atomic mass is 9.48. The van der Waals surface area contributed by atoms with Crippen LogP contribution in [0.5, 0.6) is 0 Å². The second-order valence-corrected chi connectivity index (χ2v) is 13.1. The van der Waals surface area contributed by atoms with Crippen molar-refractivity contribution in [2.75, 3.05) is 19.6 Å². The third-order valence-electron chi connectivity index (χ3n) is 9.07. The molecule has 3 nitrogen and oxygen atoms in total. The van der Waals surface area contributed by atoms with Gasteiger partial charge in [-0.2, -0.15) is 0 Å². The number of rotatable bonds is 5. The summed E-state index contributed by atoms with van der Waals surface area (Å²) in [4.78, 5) is 15.9. The molecule has 6 rings (SSSR count). The summed E-state index contributed by atoms with van der Waals surface area (Å²) in [6, 6.07) is 0. The number of carbonyl (C=O) groups is 1. The lowest BCUT2D eigenvalue weighted by Crippen LogP contribution is -2.59. The van der Waals surface area contributed by atoms with Crippen LogP contribution in [0.15, 0.2) is 0 Å². The molecule has 158 valence electrons. The van der Waals surface area contributed by atoms with Crippen LogP contribution in [0.1, 0.15) is 96.3 Å². The van der Waals surface area contributed by atoms with Gasteiger partial charge in [0.05, 0.1) is 0 Å². The summed E-state index contributed by atoms with van der Waals surface area (Å²) in [7, 11) is 0. The van der Waals surface area contributed by atoms with E-state index >= 15 is 0 Å². The monoisotopic (exact) mass is 450 g/mol. The number of carbonyl (C=O) groups excluding carboxylic acids is 1. The van der Waals surface area contributed by atoms with Gasteiger partial charge in [0.25, 0.3) is 0 Å². The van der Waals surface area contributed by atoms with Gasteiger partial charge in [0, 0.05) is 22.8 Å². The van der Waals surface area contributed by atoms with Crippen molar-refractivity contribution in [2.24, 2.45) is 17.3 Å². The van der Waals surface area contributed by atoms with Gasteiger partial charge < -0.3 is 5.32 Å². The molecule has 1 N–H and O–H groups in total. The van der Waals surface area contributed by atoms with E-state index in [1.165, 1.54) is 103 Å². The van der Waals surface area contributed by atoms with Crippen molar-refractivity contribution in [2.45, 2.75) is 106 Å². The number of halogens is 1. The Bertz CT molecular complexity index is 579. The summed E-state index contributed by atoms with van der Waals surface area (Å²) < 4.78 is 0.357. The minimum absolute atomic E-state index is 0.256. The fraction of sp³-hybridized carbons (Fsp3) is 0.958. The van der Waals surface area contributed by atoms with E-state index < -0.39 is 0 Å². The molecule has 4 bridgehead atoms. The molecule has 4 heteroatoms. The molecule has 1 aliphatic heterocycles. The number of amides is 1. The lowest BCUT2D eigenvalue weighted by Gasteiger charge is -2.60. The molecule has 28 heavy (non-hydrogen) atoms. The smallest absolute Gasteiger partial charge is 0.220 e. The Morgan fingerprint density at radius 3 is 2.21 bits per heavy atom. The number of nitrogens with one attached hydrogen (secondary N) is 1. The van der Waals surface area contributed by atoms with Crippen LogP contribution in [0.4, 0.5) is 0 Å². The van der Waals surface area contributed by atoms with Crippen LogP contribution in [0.3, 0.4) is 0 Å². The second-order valence-electron chi connectivity index (χ2n) is 11.4. The molecule has 0 spiro atoms. The van der Waals surface area contributed by atoms with Gasteiger partial charge in [-0.15, -0.1) is 0 Å². The zero-order valence-electron chi connectivity index (χ0n) is 17.6. The maximum atomic E-state index is 13.2. The Morgan fingerprint density at radius 1 is 0.929 bits per heavy atom. The van der Waals surface area contributed by atoms with Crippen molar-refractivity contribution < 1.29 is 4.79 Å². The van der Waals surface area contributed by atoms with Gasteiger partial charge in [-0.25, -0.2) is 0 Å². The first-order valence-corrected chi connectivity index (χ1v) is 13.0. The zero-order chi connectivity index (χ0) is 19.2. The van der Waals surface area contributed by atoms with Crippen molar-refractivity contribution in [3.05, 3.63) is 0 Å². The van der Waals surface area contributed by atoms with Gasteiger partial charge in [-0.3, -0.25) is 9.69 Å². The molecular formula is C24H39BrN2O. The minimum Gasteiger partial charge on any atom is -0.354 e. The highest BCUT2D eigenvalue weighted by atomic mass is 79.9. The summed E-state index contributed by atoms with van der Waals surface area (Å²) in [5.74, 6) is 2.08. The van der Waals surface area contributed by atoms with Crippen LogP contribution >= 0.6 is 15.9 Å². The molecule has 0 aromatic heterocycles. The first kappa shape index (κ1) is 19.8. The Kier molecular flexibility index (Phi) is 5.35. The summed E-state index contributed by atoms with van der Waals surface area (Å²) >= 11 is 4.11. The summed E-state index contributed by atoms with van der Waals surface area (Å²) in [5, 5.41) is 3.48. The fourth-order valence-corrected chi connectivity index (χ4v) is 9.90. The Labute approximate surface area is 179 Å². The van der Waals surface area contributed by atoms with Crippen LogP contribution < -0.4 is 5.32 Å². The normalized spacial score (nSPS) is 42.5. The quantitative estimate of drug-likeness (QED) is 0.567. The van der Waals surface area contributed by atoms with E-state index in [4.69, 9.17) is 0 Å². The van der Waals surface area contributed by atoms with Crippen LogP contribution in [-0.2, 0) is 4.79 Å². The predicted octanol–water partition coefficient (Wildman–Crippen LogP) is 5.42. The molecule has 1 heterocycles. The van der Waals surface area contributed by atoms with Crippen LogP contribution in [0.2, 0.25) is 0 Å². The van der Waals surface area contributed by atoms with E-state index in [0.29, 0.717) is 15.6 Å². The van der Waals surface area contributed by atoms with Crippen molar-refractivity contribution in [3.8, 4) is 0 Å². The van der Waals surface area contributed by atoms with Crippen molar-refractivity contribution in [3.63, 3.8) is 0 Å². The molecule has 5 saturated carbocycles. The van der Waals surface area contributed by atoms with E-state index in [1.807, 2.05) is 0 Å². The first-order chi connectivity index (χ1) is 13.5. The summed E-state index contributed by atoms with van der Waals surface area (Å²) in [5.41, 5.74) is 0.551. The molecule has 1 amide bonds. The summed E-state index contributed by atoms with van der Waals surface area (Å²) in [6.07, 6.45) is 19.5. The van der Waals surface area contributed by atoms with E-state index in [2.05, 4.69) is 26.1 Å². The first-order valence-electron chi connectivity index (χ1n) is 12.2. The highest BCUT2D eigenvalue weighted by Gasteiger charge is 2.57. The predicted molar refractivity (Wildman–Crippen MR) is 118 cm³/mol. The molecular weight excluding hydrogens is 412 g/mol. The van der Waals surface area contributed by atoms with Gasteiger partial charge >= 0.3 is 0 Å². The molecule has 0 radical (unpaired) electrons. The van der Waals surface area contributed by atoms with Crippen molar-refractivity contribution in [1.29, 1.82) is 0 Å². The van der Waals surface area contributed by atoms with E-state index in [1.54, 1.807) is 0 Å². The van der Waals surface area contributed by atoms with Crippen LogP contribution in [0.25, 0.3) is 0 Å². The maximum absolute atomic E-state index is 13.2. The number of likely N-dealkylation sites (tertiary alicyclic amines) is 1. The number of piperidine rings is 1. The Morgan fingerprint density at radius 2 is 1.57 bits per heavy atom. The molecule has 1 saturated heterocycles. The topological polar surface area (TPSA) is 32.3 Å². The molecule has 0 aromatic carbocycles. The second kappa shape index (κ2) is 7.55. The molecule has 5 aliphatic carbocycles. The largest absolute Gasteiger partial charge is 0.354 e. The third-order valence-corrected chi connectivity index (χ3v) is 10.0. The average Bonchev–Trinajstić information content (AvgIpc) is 2.65. The maximum Gasteiger partial charge on any atom is 0.220 e. The highest BCUT2D eigenvalue weighted by Crippen LogP contribution is 2.65. The van der Waals surface area contributed by atoms with Gasteiger partial charge in [-0.05, 0) is 94.5 Å². The number of alkyl halides is 1. The molecule has 0 aromatic rings. The highest BCUT2D eigenvalue weighted by molar-refractivity contribution is 9.10. The number of hydrogen-bond acceptors (Lipinski definition) is 2. The zero-order valence-corrected chi connectivity index (χ0v) is 19.2. The number of nitrogens with zero attached hydrogens (tertiary/aromatic N) is 1. The fourth-order valence-electron chi connectivity index (χ4n) is 8.39. The Balaban J connectivity index is 1.23. The minimum atomic E-state index is 0.256. The lowest BCUT2D eigenvalue weighted by molar-refractivity contribution is -0.129.